The van der Waals surface area contributed by atoms with Crippen molar-refractivity contribution in [3.63, 3.8) is 0 Å². The van der Waals surface area contributed by atoms with Gasteiger partial charge < -0.3 is 4.74 Å². The van der Waals surface area contributed by atoms with Crippen molar-refractivity contribution in [3.05, 3.63) is 186 Å². The van der Waals surface area contributed by atoms with E-state index in [4.69, 9.17) is 14.7 Å². The lowest BCUT2D eigenvalue weighted by Crippen LogP contribution is -2.37. The van der Waals surface area contributed by atoms with Crippen molar-refractivity contribution in [2.45, 2.75) is 25.1 Å². The van der Waals surface area contributed by atoms with E-state index < -0.39 is 13.5 Å². The highest BCUT2D eigenvalue weighted by Gasteiger charge is 2.51. The molecular formula is C48H36N2OSi. The van der Waals surface area contributed by atoms with Gasteiger partial charge in [0.25, 0.3) is 0 Å². The van der Waals surface area contributed by atoms with E-state index in [9.17, 15) is 0 Å². The van der Waals surface area contributed by atoms with Gasteiger partial charge in [0.15, 0.2) is 5.82 Å². The molecule has 8 aromatic rings. The van der Waals surface area contributed by atoms with Gasteiger partial charge in [-0.05, 0) is 57.6 Å². The zero-order chi connectivity index (χ0) is 35.0. The number of para-hydroxylation sites is 3. The largest absolute Gasteiger partial charge is 0.457 e. The Labute approximate surface area is 305 Å². The molecule has 1 aromatic heterocycles. The molecule has 0 bridgehead atoms. The van der Waals surface area contributed by atoms with E-state index >= 15 is 0 Å². The second kappa shape index (κ2) is 11.5. The second-order valence-electron chi connectivity index (χ2n) is 15.0. The van der Waals surface area contributed by atoms with Crippen molar-refractivity contribution in [2.75, 3.05) is 0 Å². The Kier molecular flexibility index (Phi) is 6.76. The molecule has 0 radical (unpaired) electrons. The lowest BCUT2D eigenvalue weighted by Gasteiger charge is -2.39. The van der Waals surface area contributed by atoms with E-state index in [1.807, 2.05) is 0 Å². The van der Waals surface area contributed by atoms with Crippen molar-refractivity contribution in [3.8, 4) is 56.4 Å². The quantitative estimate of drug-likeness (QED) is 0.173. The van der Waals surface area contributed by atoms with E-state index in [1.54, 1.807) is 0 Å². The van der Waals surface area contributed by atoms with Gasteiger partial charge in [0, 0.05) is 27.6 Å². The molecule has 0 fully saturated rings. The molecule has 0 N–H and O–H groups in total. The van der Waals surface area contributed by atoms with Gasteiger partial charge in [-0.15, -0.1) is 0 Å². The Balaban J connectivity index is 1.12. The second-order valence-corrected chi connectivity index (χ2v) is 20.0. The Morgan fingerprint density at radius 3 is 1.69 bits per heavy atom. The molecule has 248 valence electrons. The van der Waals surface area contributed by atoms with Crippen LogP contribution in [0.5, 0.6) is 11.5 Å². The van der Waals surface area contributed by atoms with Crippen molar-refractivity contribution in [1.82, 2.24) is 9.97 Å². The fraction of sp³-hybridized carbons (Fsp3) is 0.0833. The molecule has 0 saturated carbocycles. The molecule has 10 rings (SSSR count). The van der Waals surface area contributed by atoms with Gasteiger partial charge in [-0.25, -0.2) is 9.97 Å². The van der Waals surface area contributed by atoms with Gasteiger partial charge >= 0.3 is 0 Å². The topological polar surface area (TPSA) is 35.0 Å². The molecule has 0 unspecified atom stereocenters. The summed E-state index contributed by atoms with van der Waals surface area (Å²) in [6, 6.07) is 58.9. The fourth-order valence-corrected chi connectivity index (χ4v) is 9.57. The van der Waals surface area contributed by atoms with Gasteiger partial charge in [-0.1, -0.05) is 164 Å². The van der Waals surface area contributed by atoms with E-state index in [0.717, 1.165) is 56.2 Å². The average molecular weight is 685 g/mol. The van der Waals surface area contributed by atoms with Crippen molar-refractivity contribution in [1.29, 1.82) is 0 Å². The van der Waals surface area contributed by atoms with Gasteiger partial charge in [0.1, 0.15) is 11.5 Å². The molecule has 1 aliphatic carbocycles. The zero-order valence-electron chi connectivity index (χ0n) is 29.4. The summed E-state index contributed by atoms with van der Waals surface area (Å²) >= 11 is 0. The SMILES string of the molecule is C[Si](C)(C)c1ccc(-c2ccc(-c3nc(-c4ccc5c(c4)-c4ccccc4C54c5ccccc5Oc5ccccc54)c4ccccc4n3)cc2)cc1. The van der Waals surface area contributed by atoms with Gasteiger partial charge in [-0.2, -0.15) is 0 Å². The minimum absolute atomic E-state index is 0.495. The first-order valence-corrected chi connectivity index (χ1v) is 21.5. The highest BCUT2D eigenvalue weighted by atomic mass is 28.3. The number of aromatic nitrogens is 2. The minimum Gasteiger partial charge on any atom is -0.457 e. The van der Waals surface area contributed by atoms with E-state index in [2.05, 4.69) is 183 Å². The molecule has 2 aliphatic rings. The van der Waals surface area contributed by atoms with Crippen LogP contribution in [-0.4, -0.2) is 18.0 Å². The number of hydrogen-bond donors (Lipinski definition) is 0. The number of rotatable bonds is 4. The standard InChI is InChI=1S/C48H36N2OSi/c1-52(2,3)35-27-24-32(25-28-35)31-20-22-33(23-21-31)47-49-43-17-9-5-13-37(43)46(50-47)34-26-29-40-38(30-34)36-12-4-6-14-39(36)48(40)41-15-7-10-18-44(41)51-45-19-11-8-16-42(45)48/h4-30H,1-3H3. The predicted molar refractivity (Wildman–Crippen MR) is 216 cm³/mol. The van der Waals surface area contributed by atoms with Gasteiger partial charge in [0.05, 0.1) is 24.7 Å². The molecule has 0 atom stereocenters. The van der Waals surface area contributed by atoms with E-state index in [0.29, 0.717) is 0 Å². The molecule has 1 aliphatic heterocycles. The highest BCUT2D eigenvalue weighted by molar-refractivity contribution is 6.88. The average Bonchev–Trinajstić information content (AvgIpc) is 3.47. The third kappa shape index (κ3) is 4.57. The van der Waals surface area contributed by atoms with E-state index in [1.165, 1.54) is 38.6 Å². The summed E-state index contributed by atoms with van der Waals surface area (Å²) in [6.07, 6.45) is 0. The number of fused-ring (bicyclic) bond motifs is 10. The molecule has 1 spiro atoms. The Morgan fingerprint density at radius 2 is 1.00 bits per heavy atom. The lowest BCUT2D eigenvalue weighted by molar-refractivity contribution is 0.436. The van der Waals surface area contributed by atoms with Crippen LogP contribution in [0.4, 0.5) is 0 Å². The summed E-state index contributed by atoms with van der Waals surface area (Å²) in [5.74, 6) is 2.52. The summed E-state index contributed by atoms with van der Waals surface area (Å²) in [5.41, 5.74) is 13.1. The van der Waals surface area contributed by atoms with Crippen LogP contribution in [0.2, 0.25) is 19.6 Å². The number of nitrogens with zero attached hydrogens (tertiary/aromatic N) is 2. The summed E-state index contributed by atoms with van der Waals surface area (Å²) in [5, 5.41) is 2.51. The van der Waals surface area contributed by atoms with Crippen LogP contribution in [0.15, 0.2) is 164 Å². The lowest BCUT2D eigenvalue weighted by atomic mass is 9.66. The summed E-state index contributed by atoms with van der Waals surface area (Å²) < 4.78 is 6.52. The summed E-state index contributed by atoms with van der Waals surface area (Å²) in [7, 11) is -1.35. The van der Waals surface area contributed by atoms with Crippen LogP contribution in [-0.2, 0) is 5.41 Å². The molecule has 3 nitrogen and oxygen atoms in total. The van der Waals surface area contributed by atoms with Crippen molar-refractivity contribution < 1.29 is 4.74 Å². The maximum atomic E-state index is 6.52. The third-order valence-corrected chi connectivity index (χ3v) is 13.0. The fourth-order valence-electron chi connectivity index (χ4n) is 8.41. The minimum atomic E-state index is -1.35. The van der Waals surface area contributed by atoms with Gasteiger partial charge in [-0.3, -0.25) is 0 Å². The zero-order valence-corrected chi connectivity index (χ0v) is 30.4. The highest BCUT2D eigenvalue weighted by Crippen LogP contribution is 2.62. The van der Waals surface area contributed by atoms with Crippen molar-refractivity contribution >= 4 is 24.2 Å². The van der Waals surface area contributed by atoms with Crippen LogP contribution in [0.25, 0.3) is 55.8 Å². The first kappa shape index (κ1) is 30.7. The van der Waals surface area contributed by atoms with Crippen LogP contribution in [0.3, 0.4) is 0 Å². The number of ether oxygens (including phenoxy) is 1. The van der Waals surface area contributed by atoms with Crippen LogP contribution < -0.4 is 9.92 Å². The first-order chi connectivity index (χ1) is 25.4. The Morgan fingerprint density at radius 1 is 0.462 bits per heavy atom. The summed E-state index contributed by atoms with van der Waals surface area (Å²) in [6.45, 7) is 7.16. The van der Waals surface area contributed by atoms with E-state index in [-0.39, 0.29) is 0 Å². The smallest absolute Gasteiger partial charge is 0.160 e. The molecule has 0 amide bonds. The first-order valence-electron chi connectivity index (χ1n) is 18.0. The van der Waals surface area contributed by atoms with Crippen LogP contribution in [0.1, 0.15) is 22.3 Å². The molecule has 4 heteroatoms. The van der Waals surface area contributed by atoms with Crippen LogP contribution >= 0.6 is 0 Å². The monoisotopic (exact) mass is 684 g/mol. The maximum Gasteiger partial charge on any atom is 0.160 e. The Hall–Kier alpha value is -6.10. The summed E-state index contributed by atoms with van der Waals surface area (Å²) in [4.78, 5) is 10.4. The van der Waals surface area contributed by atoms with Gasteiger partial charge in [0.2, 0.25) is 0 Å². The molecule has 2 heterocycles. The number of hydrogen-bond acceptors (Lipinski definition) is 3. The predicted octanol–water partition coefficient (Wildman–Crippen LogP) is 11.6. The Bertz CT molecular complexity index is 2640. The normalized spacial score (nSPS) is 13.6. The van der Waals surface area contributed by atoms with Crippen LogP contribution in [0, 0.1) is 0 Å². The molecule has 0 saturated heterocycles. The molecule has 52 heavy (non-hydrogen) atoms. The molecular weight excluding hydrogens is 649 g/mol. The maximum absolute atomic E-state index is 6.52. The van der Waals surface area contributed by atoms with Crippen molar-refractivity contribution in [2.24, 2.45) is 0 Å². The number of benzene rings is 7. The molecule has 7 aromatic carbocycles. The third-order valence-electron chi connectivity index (χ3n) is 11.0.